The Kier molecular flexibility index (Phi) is 25.8. The Hall–Kier alpha value is -5.85. The van der Waals surface area contributed by atoms with Gasteiger partial charge in [0.2, 0.25) is 11.2 Å². The predicted molar refractivity (Wildman–Crippen MR) is 352 cm³/mol. The fourth-order valence-electron chi connectivity index (χ4n) is 10.9. The number of anilines is 5. The van der Waals surface area contributed by atoms with Crippen LogP contribution in [0.25, 0.3) is 20.7 Å². The Balaban J connectivity index is 0.000000170. The van der Waals surface area contributed by atoms with E-state index < -0.39 is 34.4 Å². The van der Waals surface area contributed by atoms with Crippen molar-refractivity contribution in [1.82, 2.24) is 69.0 Å². The van der Waals surface area contributed by atoms with E-state index in [-0.39, 0.29) is 22.9 Å². The lowest BCUT2D eigenvalue weighted by Gasteiger charge is -2.39. The Bertz CT molecular complexity index is 3760. The second-order valence-electron chi connectivity index (χ2n) is 22.9. The van der Waals surface area contributed by atoms with Crippen LogP contribution in [-0.2, 0) is 71.5 Å². The molecule has 0 amide bonds. The van der Waals surface area contributed by atoms with Gasteiger partial charge in [0.1, 0.15) is 52.9 Å². The van der Waals surface area contributed by atoms with Crippen LogP contribution in [0.3, 0.4) is 0 Å². The van der Waals surface area contributed by atoms with Gasteiger partial charge in [0.25, 0.3) is 0 Å². The lowest BCUT2D eigenvalue weighted by Crippen LogP contribution is -2.46. The average Bonchev–Trinajstić information content (AvgIpc) is 1.93. The maximum absolute atomic E-state index is 11.4. The third kappa shape index (κ3) is 22.8. The number of morpholine rings is 2. The van der Waals surface area contributed by atoms with Crippen molar-refractivity contribution in [2.24, 2.45) is 0 Å². The molecule has 0 aromatic carbocycles. The summed E-state index contributed by atoms with van der Waals surface area (Å²) in [6.07, 6.45) is 25.4. The second-order valence-corrected chi connectivity index (χ2v) is 32.1. The number of hydrogen-bond acceptors (Lipinski definition) is 27. The third-order valence-electron chi connectivity index (χ3n) is 15.5. The summed E-state index contributed by atoms with van der Waals surface area (Å²) in [5.74, 6) is 2.45. The van der Waals surface area contributed by atoms with E-state index in [9.17, 15) is 35.4 Å². The number of hydrogen-bond donors (Lipinski definition) is 4. The summed E-state index contributed by atoms with van der Waals surface area (Å²) >= 11 is 9.32. The van der Waals surface area contributed by atoms with Crippen LogP contribution in [0.15, 0.2) is 37.2 Å². The molecule has 35 heteroatoms. The normalized spacial score (nSPS) is 19.4. The van der Waals surface area contributed by atoms with E-state index in [1.807, 2.05) is 6.20 Å². The molecule has 9 heterocycles. The van der Waals surface area contributed by atoms with Crippen molar-refractivity contribution >= 4 is 119 Å². The molecule has 0 bridgehead atoms. The number of aryl methyl sites for hydroxylation is 5. The van der Waals surface area contributed by atoms with Gasteiger partial charge in [-0.1, -0.05) is 36.5 Å². The number of rotatable bonds is 23. The quantitative estimate of drug-likeness (QED) is 0.0299. The summed E-state index contributed by atoms with van der Waals surface area (Å²) in [5, 5.41) is 35.3. The molecule has 496 valence electrons. The van der Waals surface area contributed by atoms with Crippen LogP contribution in [0, 0.1) is 10.1 Å². The van der Waals surface area contributed by atoms with Crippen molar-refractivity contribution in [3.63, 3.8) is 0 Å². The summed E-state index contributed by atoms with van der Waals surface area (Å²) < 4.78 is 81.6. The highest BCUT2D eigenvalue weighted by molar-refractivity contribution is 7.91. The van der Waals surface area contributed by atoms with Gasteiger partial charge in [0, 0.05) is 101 Å². The molecule has 0 atom stereocenters. The Morgan fingerprint density at radius 3 is 1.47 bits per heavy atom. The van der Waals surface area contributed by atoms with Crippen LogP contribution < -0.4 is 21.7 Å². The molecule has 29 nitrogen and oxygen atoms in total. The first-order valence-corrected chi connectivity index (χ1v) is 38.6. The molecule has 2 saturated carbocycles. The number of thiazole rings is 2. The third-order valence-corrected chi connectivity index (χ3v) is 20.9. The zero-order chi connectivity index (χ0) is 64.4. The molecular weight excluding hydrogens is 1280 g/mol. The molecule has 4 fully saturated rings. The summed E-state index contributed by atoms with van der Waals surface area (Å²) in [4.78, 5) is 44.4. The van der Waals surface area contributed by atoms with E-state index in [4.69, 9.17) is 41.8 Å². The molecule has 90 heavy (non-hydrogen) atoms. The standard InChI is InChI=1S/C24H36N8O3S2.C17H24ClN5OS.C7H11N3O4S.C7H13N3O2S/c1-3-20-28-21-22(26-17-5-7-19(8-6-17)31-10-12-35-13-11-31)29-24(30-23(21)36-20)27-18-15-25-32(16-18)9-4-14-37(2,33)34;1-2-13-20-14-15(21-17(18)22-16(14)25-13)19-11-3-5-12(6-4-11)23-7-9-24-10-8-23;1-15(13,14)4-2-3-9-6-7(5-8-9)10(11)12;1-13(11,12)4-2-3-10-6-7(8)5-9-10/h15-17,19H,3-14H2,1-2H3,(H2,26,27,29,30);11-12H,2-10H2,1H3,(H,19,21,22);5-6H,2-4H2,1H3;5-6H,2-4,8H2,1H3. The summed E-state index contributed by atoms with van der Waals surface area (Å²) in [6, 6.07) is 2.12. The topological polar surface area (TPSA) is 363 Å². The number of nitrogen functional groups attached to an aromatic ring is 1. The van der Waals surface area contributed by atoms with Gasteiger partial charge in [0.05, 0.1) is 82.4 Å². The SMILES string of the molecule is CCc1nc2c(NC3CCC(N4CCOCC4)CC3)nc(Cl)nc2s1.CCc1nc2c(NC3CCC(N4CCOCC4)CC3)nc(Nc3cnn(CCCS(C)(=O)=O)c3)nc2s1.CS(=O)(=O)CCCn1cc(N)cn1.CS(=O)(=O)CCCn1cc([N+](=O)[O-])cn1. The molecule has 0 spiro atoms. The Labute approximate surface area is 538 Å². The minimum absolute atomic E-state index is 0.0562. The summed E-state index contributed by atoms with van der Waals surface area (Å²) in [6.45, 7) is 13.3. The van der Waals surface area contributed by atoms with Crippen LogP contribution in [-0.4, -0.2) is 212 Å². The van der Waals surface area contributed by atoms with Gasteiger partial charge >= 0.3 is 5.69 Å². The van der Waals surface area contributed by atoms with Crippen LogP contribution in [0.2, 0.25) is 5.28 Å². The average molecular weight is 1370 g/mol. The highest BCUT2D eigenvalue weighted by atomic mass is 35.5. The van der Waals surface area contributed by atoms with Gasteiger partial charge < -0.3 is 31.2 Å². The molecule has 4 aliphatic rings. The molecule has 2 aliphatic heterocycles. The highest BCUT2D eigenvalue weighted by Gasteiger charge is 2.30. The fraction of sp³-hybridized carbons (Fsp3) is 0.655. The molecule has 7 aromatic heterocycles. The van der Waals surface area contributed by atoms with E-state index in [0.717, 1.165) is 152 Å². The molecule has 0 unspecified atom stereocenters. The van der Waals surface area contributed by atoms with Gasteiger partial charge in [-0.3, -0.25) is 34.0 Å². The zero-order valence-electron chi connectivity index (χ0n) is 51.7. The lowest BCUT2D eigenvalue weighted by molar-refractivity contribution is -0.385. The van der Waals surface area contributed by atoms with Crippen LogP contribution >= 0.6 is 34.3 Å². The highest BCUT2D eigenvalue weighted by Crippen LogP contribution is 2.33. The molecular formula is C55H84ClN19O10S5. The van der Waals surface area contributed by atoms with Gasteiger partial charge in [-0.15, -0.1) is 0 Å². The van der Waals surface area contributed by atoms with E-state index in [2.05, 4.69) is 69.8 Å². The van der Waals surface area contributed by atoms with E-state index in [1.54, 1.807) is 50.6 Å². The number of fused-ring (bicyclic) bond motifs is 2. The van der Waals surface area contributed by atoms with Gasteiger partial charge in [-0.05, 0) is 95.1 Å². The lowest BCUT2D eigenvalue weighted by atomic mass is 9.90. The number of ether oxygens (including phenoxy) is 2. The smallest absolute Gasteiger partial charge is 0.306 e. The van der Waals surface area contributed by atoms with Crippen LogP contribution in [0.1, 0.15) is 94.5 Å². The van der Waals surface area contributed by atoms with Crippen molar-refractivity contribution in [2.45, 2.75) is 141 Å². The maximum Gasteiger partial charge on any atom is 0.306 e. The van der Waals surface area contributed by atoms with Gasteiger partial charge in [-0.2, -0.15) is 30.2 Å². The molecule has 2 saturated heterocycles. The first kappa shape index (κ1) is 70.0. The first-order chi connectivity index (χ1) is 42.9. The number of aromatic nitrogens is 12. The largest absolute Gasteiger partial charge is 0.396 e. The maximum atomic E-state index is 11.4. The van der Waals surface area contributed by atoms with Crippen LogP contribution in [0.4, 0.5) is 34.6 Å². The van der Waals surface area contributed by atoms with Crippen molar-refractivity contribution < 1.29 is 39.7 Å². The number of halogens is 1. The zero-order valence-corrected chi connectivity index (χ0v) is 56.5. The van der Waals surface area contributed by atoms with Crippen molar-refractivity contribution in [3.05, 3.63) is 62.6 Å². The first-order valence-electron chi connectivity index (χ1n) is 30.4. The fourth-order valence-corrected chi connectivity index (χ4v) is 14.9. The predicted octanol–water partition coefficient (Wildman–Crippen LogP) is 6.56. The monoisotopic (exact) mass is 1370 g/mol. The molecule has 0 radical (unpaired) electrons. The molecule has 7 aromatic rings. The molecule has 5 N–H and O–H groups in total. The number of nitrogens with two attached hydrogens (primary N) is 1. The van der Waals surface area contributed by atoms with Crippen molar-refractivity contribution in [2.75, 3.05) is 110 Å². The Morgan fingerprint density at radius 1 is 0.600 bits per heavy atom. The number of nitro groups is 1. The van der Waals surface area contributed by atoms with Gasteiger partial charge in [0.15, 0.2) is 21.3 Å². The number of nitrogens with zero attached hydrogens (tertiary/aromatic N) is 15. The van der Waals surface area contributed by atoms with E-state index in [0.29, 0.717) is 80.0 Å². The van der Waals surface area contributed by atoms with E-state index >= 15 is 0 Å². The van der Waals surface area contributed by atoms with Crippen LogP contribution in [0.5, 0.6) is 0 Å². The van der Waals surface area contributed by atoms with Crippen molar-refractivity contribution in [1.29, 1.82) is 0 Å². The molecule has 11 rings (SSSR count). The Morgan fingerprint density at radius 2 is 1.03 bits per heavy atom. The molecule has 2 aliphatic carbocycles. The number of sulfone groups is 3. The minimum Gasteiger partial charge on any atom is -0.396 e. The van der Waals surface area contributed by atoms with Crippen molar-refractivity contribution in [3.8, 4) is 0 Å². The van der Waals surface area contributed by atoms with Gasteiger partial charge in [-0.25, -0.2) is 40.2 Å². The minimum atomic E-state index is -2.98. The number of nitrogens with one attached hydrogen (secondary N) is 3. The summed E-state index contributed by atoms with van der Waals surface area (Å²) in [5.41, 5.74) is 8.40. The summed E-state index contributed by atoms with van der Waals surface area (Å²) in [7, 11) is -8.82. The van der Waals surface area contributed by atoms with E-state index in [1.165, 1.54) is 49.1 Å². The second kappa shape index (κ2) is 33.1.